The Balaban J connectivity index is 1.57. The topological polar surface area (TPSA) is 25.8 Å². The van der Waals surface area contributed by atoms with Crippen LogP contribution < -0.4 is 0 Å². The van der Waals surface area contributed by atoms with Gasteiger partial charge < -0.3 is 0 Å². The third-order valence-electron chi connectivity index (χ3n) is 7.45. The Morgan fingerprint density at radius 2 is 1.63 bits per heavy atom. The van der Waals surface area contributed by atoms with Crippen molar-refractivity contribution in [2.45, 2.75) is 25.7 Å². The maximum atomic E-state index is 6.20. The van der Waals surface area contributed by atoms with Crippen molar-refractivity contribution >= 4 is 38.8 Å². The van der Waals surface area contributed by atoms with Gasteiger partial charge in [-0.25, -0.2) is 9.97 Å². The maximum Gasteiger partial charge on any atom is 0.116 e. The predicted octanol–water partition coefficient (Wildman–Crippen LogP) is 8.82. The summed E-state index contributed by atoms with van der Waals surface area (Å²) in [4.78, 5) is 9.39. The van der Waals surface area contributed by atoms with Crippen molar-refractivity contribution in [2.24, 2.45) is 0 Å². The molecule has 168 valence electrons. The number of aromatic nitrogens is 2. The molecule has 0 atom stereocenters. The molecule has 1 aromatic heterocycles. The van der Waals surface area contributed by atoms with E-state index in [0.29, 0.717) is 0 Å². The minimum atomic E-state index is 0.746. The molecule has 0 amide bonds. The lowest BCUT2D eigenvalue weighted by atomic mass is 9.78. The number of aryl methyl sites for hydroxylation is 1. The molecule has 0 radical (unpaired) electrons. The van der Waals surface area contributed by atoms with Crippen molar-refractivity contribution in [3.8, 4) is 22.4 Å². The van der Waals surface area contributed by atoms with E-state index in [0.717, 1.165) is 46.4 Å². The Morgan fingerprint density at radius 1 is 0.743 bits per heavy atom. The minimum absolute atomic E-state index is 0.746. The zero-order valence-electron chi connectivity index (χ0n) is 19.3. The lowest BCUT2D eigenvalue weighted by Gasteiger charge is -2.26. The Morgan fingerprint density at radius 3 is 2.54 bits per heavy atom. The van der Waals surface area contributed by atoms with Crippen molar-refractivity contribution in [2.75, 3.05) is 0 Å². The molecule has 0 saturated heterocycles. The molecule has 0 saturated carbocycles. The van der Waals surface area contributed by atoms with Gasteiger partial charge in [-0.3, -0.25) is 0 Å². The Kier molecular flexibility index (Phi) is 4.82. The van der Waals surface area contributed by atoms with Crippen LogP contribution in [0.4, 0.5) is 0 Å². The third kappa shape index (κ3) is 3.40. The molecular formula is C32H23ClN2. The summed E-state index contributed by atoms with van der Waals surface area (Å²) in [6.07, 6.45) is 10.9. The van der Waals surface area contributed by atoms with Crippen LogP contribution in [0.1, 0.15) is 30.4 Å². The van der Waals surface area contributed by atoms with E-state index in [9.17, 15) is 0 Å². The highest BCUT2D eigenvalue weighted by atomic mass is 35.5. The largest absolute Gasteiger partial charge is 0.236 e. The number of allylic oxidation sites excluding steroid dienone is 4. The highest BCUT2D eigenvalue weighted by molar-refractivity contribution is 6.30. The first kappa shape index (κ1) is 20.6. The summed E-state index contributed by atoms with van der Waals surface area (Å²) in [5, 5.41) is 4.39. The standard InChI is InChI=1S/C32H23ClN2/c33-24-13-9-20(10-14-24)23-17-22-12-15-26-25-6-2-1-5-21(25)11-16-27(26)31(22)29(18-23)32-28-7-3-4-8-30(28)34-19-35-32/h2-4,6-10,12-15,17-19H,1,5,11,16H2. The molecule has 3 heteroatoms. The number of halogens is 1. The number of benzene rings is 4. The molecule has 4 aromatic carbocycles. The summed E-state index contributed by atoms with van der Waals surface area (Å²) in [6, 6.07) is 25.6. The number of rotatable bonds is 2. The highest BCUT2D eigenvalue weighted by Gasteiger charge is 2.23. The first-order valence-corrected chi connectivity index (χ1v) is 12.6. The number of fused-ring (bicyclic) bond motifs is 5. The molecule has 0 aliphatic heterocycles. The second-order valence-electron chi connectivity index (χ2n) is 9.42. The van der Waals surface area contributed by atoms with Gasteiger partial charge in [-0.15, -0.1) is 0 Å². The summed E-state index contributed by atoms with van der Waals surface area (Å²) in [6.45, 7) is 0. The van der Waals surface area contributed by atoms with Crippen LogP contribution in [-0.4, -0.2) is 9.97 Å². The van der Waals surface area contributed by atoms with Crippen LogP contribution in [0.15, 0.2) is 96.8 Å². The van der Waals surface area contributed by atoms with Gasteiger partial charge >= 0.3 is 0 Å². The van der Waals surface area contributed by atoms with Crippen LogP contribution in [0.25, 0.3) is 49.6 Å². The van der Waals surface area contributed by atoms with Crippen LogP contribution in [0.3, 0.4) is 0 Å². The number of nitrogens with zero attached hydrogens (tertiary/aromatic N) is 2. The van der Waals surface area contributed by atoms with Gasteiger partial charge in [-0.05, 0) is 94.6 Å². The second-order valence-corrected chi connectivity index (χ2v) is 9.85. The van der Waals surface area contributed by atoms with Gasteiger partial charge in [0.1, 0.15) is 6.33 Å². The van der Waals surface area contributed by atoms with E-state index in [1.165, 1.54) is 45.0 Å². The first-order valence-electron chi connectivity index (χ1n) is 12.2. The van der Waals surface area contributed by atoms with E-state index >= 15 is 0 Å². The molecule has 0 spiro atoms. The van der Waals surface area contributed by atoms with Gasteiger partial charge in [0.05, 0.1) is 11.2 Å². The first-order chi connectivity index (χ1) is 17.3. The van der Waals surface area contributed by atoms with Crippen LogP contribution in [0.5, 0.6) is 0 Å². The Hall–Kier alpha value is -3.75. The van der Waals surface area contributed by atoms with Gasteiger partial charge in [0.15, 0.2) is 0 Å². The molecule has 7 rings (SSSR count). The van der Waals surface area contributed by atoms with Crippen molar-refractivity contribution < 1.29 is 0 Å². The number of hydrogen-bond donors (Lipinski definition) is 0. The van der Waals surface area contributed by atoms with E-state index in [1.54, 1.807) is 11.9 Å². The zero-order valence-corrected chi connectivity index (χ0v) is 20.0. The third-order valence-corrected chi connectivity index (χ3v) is 7.70. The SMILES string of the molecule is Clc1ccc(-c2cc(-c3ncnc4ccccc34)c3c4c(ccc3c2)C2=C(CCC=C2)CC4)cc1. The van der Waals surface area contributed by atoms with Gasteiger partial charge in [0, 0.05) is 16.0 Å². The zero-order chi connectivity index (χ0) is 23.4. The fourth-order valence-corrected chi connectivity index (χ4v) is 5.92. The van der Waals surface area contributed by atoms with Gasteiger partial charge in [0.25, 0.3) is 0 Å². The molecule has 2 nitrogen and oxygen atoms in total. The molecule has 5 aromatic rings. The summed E-state index contributed by atoms with van der Waals surface area (Å²) in [5.41, 5.74) is 11.3. The molecule has 2 aliphatic carbocycles. The van der Waals surface area contributed by atoms with Crippen molar-refractivity contribution in [1.29, 1.82) is 0 Å². The van der Waals surface area contributed by atoms with Crippen LogP contribution in [0, 0.1) is 0 Å². The van der Waals surface area contributed by atoms with Crippen LogP contribution in [-0.2, 0) is 6.42 Å². The smallest absolute Gasteiger partial charge is 0.116 e. The lowest BCUT2D eigenvalue weighted by Crippen LogP contribution is -2.07. The van der Waals surface area contributed by atoms with E-state index < -0.39 is 0 Å². The van der Waals surface area contributed by atoms with Gasteiger partial charge in [-0.1, -0.05) is 71.8 Å². The maximum absolute atomic E-state index is 6.20. The average Bonchev–Trinajstić information content (AvgIpc) is 2.92. The molecule has 0 N–H and O–H groups in total. The summed E-state index contributed by atoms with van der Waals surface area (Å²) < 4.78 is 0. The second kappa shape index (κ2) is 8.18. The van der Waals surface area contributed by atoms with E-state index in [1.807, 2.05) is 18.2 Å². The summed E-state index contributed by atoms with van der Waals surface area (Å²) in [5.74, 6) is 0. The van der Waals surface area contributed by atoms with Crippen molar-refractivity contribution in [3.63, 3.8) is 0 Å². The number of hydrogen-bond acceptors (Lipinski definition) is 2. The van der Waals surface area contributed by atoms with Crippen molar-refractivity contribution in [3.05, 3.63) is 113 Å². The molecule has 2 aliphatic rings. The molecule has 0 fully saturated rings. The lowest BCUT2D eigenvalue weighted by molar-refractivity contribution is 0.831. The summed E-state index contributed by atoms with van der Waals surface area (Å²) in [7, 11) is 0. The van der Waals surface area contributed by atoms with E-state index in [4.69, 9.17) is 16.6 Å². The van der Waals surface area contributed by atoms with E-state index in [-0.39, 0.29) is 0 Å². The van der Waals surface area contributed by atoms with Crippen LogP contribution >= 0.6 is 11.6 Å². The average molecular weight is 471 g/mol. The van der Waals surface area contributed by atoms with Crippen molar-refractivity contribution in [1.82, 2.24) is 9.97 Å². The normalized spacial score (nSPS) is 14.9. The fraction of sp³-hybridized carbons (Fsp3) is 0.125. The van der Waals surface area contributed by atoms with E-state index in [2.05, 4.69) is 71.7 Å². The minimum Gasteiger partial charge on any atom is -0.236 e. The molecular weight excluding hydrogens is 448 g/mol. The van der Waals surface area contributed by atoms with Gasteiger partial charge in [-0.2, -0.15) is 0 Å². The Labute approximate surface area is 209 Å². The summed E-state index contributed by atoms with van der Waals surface area (Å²) >= 11 is 6.20. The monoisotopic (exact) mass is 470 g/mol. The highest BCUT2D eigenvalue weighted by Crippen LogP contribution is 2.44. The molecule has 0 bridgehead atoms. The number of para-hydroxylation sites is 1. The Bertz CT molecular complexity index is 1690. The molecule has 35 heavy (non-hydrogen) atoms. The van der Waals surface area contributed by atoms with Gasteiger partial charge in [0.2, 0.25) is 0 Å². The quantitative estimate of drug-likeness (QED) is 0.257. The predicted molar refractivity (Wildman–Crippen MR) is 147 cm³/mol. The van der Waals surface area contributed by atoms with Crippen LogP contribution in [0.2, 0.25) is 5.02 Å². The molecule has 0 unspecified atom stereocenters. The fourth-order valence-electron chi connectivity index (χ4n) is 5.80. The molecule has 1 heterocycles.